The molecule has 0 bridgehead atoms. The first kappa shape index (κ1) is 23.6. The maximum Gasteiger partial charge on any atom is 0.337 e. The summed E-state index contributed by atoms with van der Waals surface area (Å²) in [7, 11) is 0. The fourth-order valence-electron chi connectivity index (χ4n) is 8.75. The Labute approximate surface area is 210 Å². The van der Waals surface area contributed by atoms with E-state index in [1.165, 1.54) is 13.8 Å². The molecule has 2 amide bonds. The SMILES string of the molecule is CC(=O)O[C@]12C[C@H]3[C@@H]([C@H]1C(C)=NN2C(=O)C(=O)N1N=C(C)[C@H]2[C@H]4[C@@H](C[C@@]21OC(C)=O)C4(C)C)C3(C)C. The van der Waals surface area contributed by atoms with Crippen LogP contribution < -0.4 is 0 Å². The zero-order valence-electron chi connectivity index (χ0n) is 22.1. The molecule has 0 spiro atoms. The standard InChI is InChI=1S/C26H34N4O6/c1-11-17-19-15(23(19,5)6)9-25(17,35-13(3)31)29(27-11)21(33)22(34)30-26(36-14(4)32)10-16-20(24(16,7)8)18(26)12(2)28-30/h15-20H,9-10H2,1-8H3/t15-,16+,17+,18-,19-,20+,25-,26-/m1/s1. The molecule has 0 aromatic rings. The number of hydrogen-bond donors (Lipinski definition) is 0. The van der Waals surface area contributed by atoms with Crippen LogP contribution in [-0.2, 0) is 28.7 Å². The first-order chi connectivity index (χ1) is 16.6. The maximum absolute atomic E-state index is 13.9. The van der Waals surface area contributed by atoms with E-state index in [0.29, 0.717) is 24.3 Å². The van der Waals surface area contributed by atoms with Crippen molar-refractivity contribution in [1.82, 2.24) is 10.0 Å². The zero-order valence-corrected chi connectivity index (χ0v) is 22.1. The fourth-order valence-corrected chi connectivity index (χ4v) is 8.75. The third-order valence-corrected chi connectivity index (χ3v) is 10.3. The van der Waals surface area contributed by atoms with Gasteiger partial charge in [-0.05, 0) is 48.3 Å². The molecular formula is C26H34N4O6. The highest BCUT2D eigenvalue weighted by Crippen LogP contribution is 2.75. The number of fused-ring (bicyclic) bond motifs is 6. The average molecular weight is 499 g/mol. The van der Waals surface area contributed by atoms with Crippen LogP contribution in [0.3, 0.4) is 0 Å². The van der Waals surface area contributed by atoms with Gasteiger partial charge in [0.05, 0.1) is 11.8 Å². The molecule has 194 valence electrons. The highest BCUT2D eigenvalue weighted by molar-refractivity contribution is 6.35. The van der Waals surface area contributed by atoms with Crippen LogP contribution >= 0.6 is 0 Å². The van der Waals surface area contributed by atoms with Gasteiger partial charge in [-0.1, -0.05) is 27.7 Å². The number of carbonyl (C=O) groups is 4. The van der Waals surface area contributed by atoms with Crippen molar-refractivity contribution in [2.45, 2.75) is 79.7 Å². The van der Waals surface area contributed by atoms with Gasteiger partial charge in [-0.3, -0.25) is 19.2 Å². The van der Waals surface area contributed by atoms with E-state index in [1.807, 2.05) is 13.8 Å². The topological polar surface area (TPSA) is 118 Å². The highest BCUT2D eigenvalue weighted by atomic mass is 16.6. The van der Waals surface area contributed by atoms with Gasteiger partial charge in [0.15, 0.2) is 0 Å². The second kappa shape index (κ2) is 6.55. The molecule has 10 heteroatoms. The Balaban J connectivity index is 1.35. The van der Waals surface area contributed by atoms with Crippen LogP contribution in [-0.4, -0.2) is 56.6 Å². The molecule has 2 heterocycles. The quantitative estimate of drug-likeness (QED) is 0.426. The van der Waals surface area contributed by atoms with E-state index in [9.17, 15) is 19.2 Å². The zero-order chi connectivity index (χ0) is 26.3. The van der Waals surface area contributed by atoms with Crippen LogP contribution in [0.1, 0.15) is 68.2 Å². The molecule has 0 radical (unpaired) electrons. The van der Waals surface area contributed by atoms with Crippen molar-refractivity contribution in [2.75, 3.05) is 0 Å². The van der Waals surface area contributed by atoms with Gasteiger partial charge < -0.3 is 9.47 Å². The van der Waals surface area contributed by atoms with Crippen molar-refractivity contribution in [1.29, 1.82) is 0 Å². The molecule has 0 saturated heterocycles. The van der Waals surface area contributed by atoms with Crippen molar-refractivity contribution >= 4 is 35.2 Å². The molecule has 4 aliphatic carbocycles. The minimum Gasteiger partial charge on any atom is -0.436 e. The largest absolute Gasteiger partial charge is 0.436 e. The van der Waals surface area contributed by atoms with Crippen molar-refractivity contribution < 1.29 is 28.7 Å². The Morgan fingerprint density at radius 1 is 0.722 bits per heavy atom. The van der Waals surface area contributed by atoms with Crippen LogP contribution in [0.4, 0.5) is 0 Å². The smallest absolute Gasteiger partial charge is 0.337 e. The minimum atomic E-state index is -1.32. The number of hydrogen-bond acceptors (Lipinski definition) is 8. The van der Waals surface area contributed by atoms with Gasteiger partial charge in [0.2, 0.25) is 11.4 Å². The number of hydrazone groups is 2. The summed E-state index contributed by atoms with van der Waals surface area (Å²) in [5, 5.41) is 11.1. The van der Waals surface area contributed by atoms with E-state index >= 15 is 0 Å². The predicted molar refractivity (Wildman–Crippen MR) is 127 cm³/mol. The third kappa shape index (κ3) is 2.58. The van der Waals surface area contributed by atoms with Crippen LogP contribution in [0, 0.1) is 46.3 Å². The molecule has 0 unspecified atom stereocenters. The van der Waals surface area contributed by atoms with Crippen molar-refractivity contribution in [3.63, 3.8) is 0 Å². The first-order valence-corrected chi connectivity index (χ1v) is 12.8. The number of rotatable bonds is 2. The number of ether oxygens (including phenoxy) is 2. The van der Waals surface area contributed by atoms with Gasteiger partial charge in [-0.15, -0.1) is 0 Å². The summed E-state index contributed by atoms with van der Waals surface area (Å²) in [6.07, 6.45) is 0.847. The Hall–Kier alpha value is -2.78. The molecule has 6 aliphatic rings. The Bertz CT molecular complexity index is 1110. The molecule has 6 rings (SSSR count). The average Bonchev–Trinajstić information content (AvgIpc) is 3.19. The number of carbonyl (C=O) groups excluding carboxylic acids is 4. The Morgan fingerprint density at radius 3 is 1.36 bits per heavy atom. The van der Waals surface area contributed by atoms with E-state index in [2.05, 4.69) is 37.9 Å². The molecule has 36 heavy (non-hydrogen) atoms. The Kier molecular flexibility index (Phi) is 4.30. The summed E-state index contributed by atoms with van der Waals surface area (Å²) in [5.41, 5.74) is -1.19. The van der Waals surface area contributed by atoms with E-state index in [1.54, 1.807) is 0 Å². The highest BCUT2D eigenvalue weighted by Gasteiger charge is 2.80. The van der Waals surface area contributed by atoms with Crippen molar-refractivity contribution in [3.05, 3.63) is 0 Å². The van der Waals surface area contributed by atoms with E-state index < -0.39 is 35.2 Å². The molecular weight excluding hydrogens is 464 g/mol. The van der Waals surface area contributed by atoms with Gasteiger partial charge in [-0.25, -0.2) is 0 Å². The molecule has 2 aliphatic heterocycles. The van der Waals surface area contributed by atoms with Gasteiger partial charge in [0.25, 0.3) is 0 Å². The number of esters is 2. The van der Waals surface area contributed by atoms with Crippen LogP contribution in [0.15, 0.2) is 10.2 Å². The lowest BCUT2D eigenvalue weighted by Gasteiger charge is -2.41. The molecule has 0 aromatic heterocycles. The third-order valence-electron chi connectivity index (χ3n) is 10.3. The maximum atomic E-state index is 13.9. The van der Waals surface area contributed by atoms with Crippen LogP contribution in [0.25, 0.3) is 0 Å². The van der Waals surface area contributed by atoms with Crippen molar-refractivity contribution in [3.8, 4) is 0 Å². The fraction of sp³-hybridized carbons (Fsp3) is 0.769. The van der Waals surface area contributed by atoms with Crippen LogP contribution in [0.5, 0.6) is 0 Å². The van der Waals surface area contributed by atoms with Gasteiger partial charge in [-0.2, -0.15) is 20.2 Å². The lowest BCUT2D eigenvalue weighted by molar-refractivity contribution is -0.205. The normalized spacial score (nSPS) is 43.6. The molecule has 10 nitrogen and oxygen atoms in total. The van der Waals surface area contributed by atoms with E-state index in [-0.39, 0.29) is 46.3 Å². The summed E-state index contributed by atoms with van der Waals surface area (Å²) >= 11 is 0. The number of amides is 2. The molecule has 0 N–H and O–H groups in total. The lowest BCUT2D eigenvalue weighted by atomic mass is 9.83. The predicted octanol–water partition coefficient (Wildman–Crippen LogP) is 2.53. The summed E-state index contributed by atoms with van der Waals surface area (Å²) in [6, 6.07) is 0. The monoisotopic (exact) mass is 498 g/mol. The lowest BCUT2D eigenvalue weighted by Crippen LogP contribution is -2.60. The Morgan fingerprint density at radius 2 is 1.06 bits per heavy atom. The molecule has 4 fully saturated rings. The van der Waals surface area contributed by atoms with Crippen LogP contribution in [0.2, 0.25) is 0 Å². The summed E-state index contributed by atoms with van der Waals surface area (Å²) in [4.78, 5) is 52.1. The van der Waals surface area contributed by atoms with Gasteiger partial charge >= 0.3 is 23.8 Å². The van der Waals surface area contributed by atoms with Crippen molar-refractivity contribution in [2.24, 2.45) is 56.5 Å². The summed E-state index contributed by atoms with van der Waals surface area (Å²) < 4.78 is 11.7. The molecule has 4 saturated carbocycles. The summed E-state index contributed by atoms with van der Waals surface area (Å²) in [5.74, 6) is -2.52. The second-order valence-electron chi connectivity index (χ2n) is 12.9. The molecule has 0 aromatic carbocycles. The van der Waals surface area contributed by atoms with Gasteiger partial charge in [0, 0.05) is 38.1 Å². The van der Waals surface area contributed by atoms with E-state index in [4.69, 9.17) is 9.47 Å². The summed E-state index contributed by atoms with van der Waals surface area (Å²) in [6.45, 7) is 14.9. The van der Waals surface area contributed by atoms with E-state index in [0.717, 1.165) is 10.0 Å². The minimum absolute atomic E-state index is 0.0504. The molecule has 8 atom stereocenters. The second-order valence-corrected chi connectivity index (χ2v) is 12.9. The van der Waals surface area contributed by atoms with Gasteiger partial charge in [0.1, 0.15) is 0 Å². The number of nitrogens with zero attached hydrogens (tertiary/aromatic N) is 4. The first-order valence-electron chi connectivity index (χ1n) is 12.8.